The molecule has 0 bridgehead atoms. The van der Waals surface area contributed by atoms with E-state index < -0.39 is 17.6 Å². The maximum atomic E-state index is 12.4. The summed E-state index contributed by atoms with van der Waals surface area (Å²) in [4.78, 5) is 31.5. The van der Waals surface area contributed by atoms with Gasteiger partial charge in [0.15, 0.2) is 16.5 Å². The van der Waals surface area contributed by atoms with Crippen molar-refractivity contribution in [1.29, 1.82) is 0 Å². The molecule has 4 rings (SSSR count). The fourth-order valence-corrected chi connectivity index (χ4v) is 4.13. The number of imide groups is 1. The van der Waals surface area contributed by atoms with Crippen LogP contribution in [0.25, 0.3) is 0 Å². The maximum absolute atomic E-state index is 12.4. The van der Waals surface area contributed by atoms with Crippen LogP contribution in [0, 0.1) is 0 Å². The van der Waals surface area contributed by atoms with Crippen LogP contribution in [0.5, 0.6) is 5.75 Å². The molecule has 0 saturated carbocycles. The Bertz CT molecular complexity index is 1010. The first-order chi connectivity index (χ1) is 14.5. The van der Waals surface area contributed by atoms with Gasteiger partial charge < -0.3 is 4.74 Å². The molecule has 30 heavy (non-hydrogen) atoms. The summed E-state index contributed by atoms with van der Waals surface area (Å²) in [6, 6.07) is 8.39. The van der Waals surface area contributed by atoms with Crippen molar-refractivity contribution in [1.82, 2.24) is 29.9 Å². The lowest BCUT2D eigenvalue weighted by Crippen LogP contribution is -2.61. The van der Waals surface area contributed by atoms with Gasteiger partial charge in [0.25, 0.3) is 5.91 Å². The molecular weight excluding hydrogens is 406 g/mol. The molecule has 0 radical (unpaired) electrons. The Kier molecular flexibility index (Phi) is 5.55. The van der Waals surface area contributed by atoms with Crippen LogP contribution in [-0.4, -0.2) is 68.0 Å². The van der Waals surface area contributed by atoms with Crippen molar-refractivity contribution >= 4 is 29.5 Å². The summed E-state index contributed by atoms with van der Waals surface area (Å²) in [6.45, 7) is 4.55. The number of hydrogen-bond donors (Lipinski definition) is 1. The number of amides is 3. The highest BCUT2D eigenvalue weighted by atomic mass is 32.2. The molecule has 3 amide bonds. The molecule has 1 aromatic carbocycles. The van der Waals surface area contributed by atoms with E-state index in [1.165, 1.54) is 23.7 Å². The van der Waals surface area contributed by atoms with Crippen molar-refractivity contribution in [2.45, 2.75) is 29.8 Å². The summed E-state index contributed by atoms with van der Waals surface area (Å²) in [5.74, 6) is 1.46. The molecule has 1 aromatic heterocycles. The van der Waals surface area contributed by atoms with Crippen molar-refractivity contribution in [3.05, 3.63) is 48.8 Å². The van der Waals surface area contributed by atoms with Gasteiger partial charge in [-0.25, -0.2) is 9.79 Å². The minimum Gasteiger partial charge on any atom is -0.486 e. The van der Waals surface area contributed by atoms with E-state index in [0.717, 1.165) is 10.6 Å². The van der Waals surface area contributed by atoms with Crippen molar-refractivity contribution in [3.8, 4) is 5.75 Å². The number of hydrogen-bond acceptors (Lipinski definition) is 8. The zero-order chi connectivity index (χ0) is 21.3. The fraction of sp³-hybridized carbons (Fsp3) is 0.316. The molecule has 1 N–H and O–H groups in total. The molecule has 2 aliphatic heterocycles. The van der Waals surface area contributed by atoms with Crippen LogP contribution < -0.4 is 10.1 Å². The van der Waals surface area contributed by atoms with Gasteiger partial charge in [-0.3, -0.25) is 24.5 Å². The topological polar surface area (TPSA) is 105 Å². The highest BCUT2D eigenvalue weighted by molar-refractivity contribution is 7.99. The Labute approximate surface area is 177 Å². The first-order valence-corrected chi connectivity index (χ1v) is 10.1. The summed E-state index contributed by atoms with van der Waals surface area (Å²) in [6.07, 6.45) is 1.75. The zero-order valence-electron chi connectivity index (χ0n) is 16.6. The van der Waals surface area contributed by atoms with Crippen LogP contribution in [0.15, 0.2) is 53.1 Å². The Morgan fingerprint density at radius 3 is 2.70 bits per heavy atom. The third-order valence-electron chi connectivity index (χ3n) is 4.75. The molecule has 156 valence electrons. The first kappa shape index (κ1) is 20.1. The molecule has 2 aromatic rings. The Balaban J connectivity index is 1.50. The number of ether oxygens (including phenoxy) is 1. The smallest absolute Gasteiger partial charge is 0.331 e. The molecule has 2 atom stereocenters. The van der Waals surface area contributed by atoms with Crippen LogP contribution in [-0.2, 0) is 17.9 Å². The van der Waals surface area contributed by atoms with E-state index >= 15 is 0 Å². The quantitative estimate of drug-likeness (QED) is 0.664. The number of rotatable bonds is 7. The van der Waals surface area contributed by atoms with Gasteiger partial charge in [0.1, 0.15) is 24.2 Å². The number of urea groups is 1. The number of para-hydroxylation sites is 1. The second-order valence-corrected chi connectivity index (χ2v) is 7.74. The van der Waals surface area contributed by atoms with E-state index in [1.54, 1.807) is 13.1 Å². The SMILES string of the molecule is C=CCn1c(COc2ccccc2)nnc1SC1N=C2C(N1)C(=O)N(C)C(=O)N2C. The van der Waals surface area contributed by atoms with Crippen LogP contribution in [0.3, 0.4) is 0 Å². The lowest BCUT2D eigenvalue weighted by Gasteiger charge is -2.32. The number of likely N-dealkylation sites (N-methyl/N-ethyl adjacent to an activating group) is 2. The van der Waals surface area contributed by atoms with Gasteiger partial charge >= 0.3 is 6.03 Å². The van der Waals surface area contributed by atoms with Gasteiger partial charge in [-0.15, -0.1) is 16.8 Å². The molecule has 10 nitrogen and oxygen atoms in total. The normalized spacial score (nSPS) is 20.9. The average Bonchev–Trinajstić information content (AvgIpc) is 3.35. The minimum absolute atomic E-state index is 0.251. The number of aliphatic imine (C=N–C) groups is 1. The van der Waals surface area contributed by atoms with Gasteiger partial charge in [0.05, 0.1) is 0 Å². The number of benzene rings is 1. The van der Waals surface area contributed by atoms with Crippen LogP contribution >= 0.6 is 11.8 Å². The van der Waals surface area contributed by atoms with Crippen molar-refractivity contribution in [2.24, 2.45) is 4.99 Å². The molecule has 2 unspecified atom stereocenters. The van der Waals surface area contributed by atoms with E-state index in [-0.39, 0.29) is 12.5 Å². The third kappa shape index (κ3) is 3.68. The summed E-state index contributed by atoms with van der Waals surface area (Å²) in [5.41, 5.74) is -0.480. The number of aromatic nitrogens is 3. The second-order valence-electron chi connectivity index (χ2n) is 6.70. The molecule has 0 spiro atoms. The number of nitrogens with one attached hydrogen (secondary N) is 1. The number of nitrogens with zero attached hydrogens (tertiary/aromatic N) is 6. The third-order valence-corrected chi connectivity index (χ3v) is 5.72. The summed E-state index contributed by atoms with van der Waals surface area (Å²) in [7, 11) is 3.06. The highest BCUT2D eigenvalue weighted by Crippen LogP contribution is 2.28. The number of amidine groups is 1. The maximum Gasteiger partial charge on any atom is 0.331 e. The van der Waals surface area contributed by atoms with Gasteiger partial charge in [0.2, 0.25) is 0 Å². The minimum atomic E-state index is -0.660. The number of thioether (sulfide) groups is 1. The standard InChI is InChI=1S/C19H21N7O3S/c1-4-10-26-13(11-29-12-8-6-5-7-9-12)22-23-18(26)30-17-20-14-15(21-17)24(2)19(28)25(3)16(14)27/h4-9,14,17,20H,1,10-11H2,2-3H3. The number of carbonyl (C=O) groups is 2. The van der Waals surface area contributed by atoms with Gasteiger partial charge in [-0.05, 0) is 23.9 Å². The van der Waals surface area contributed by atoms with Gasteiger partial charge in [-0.2, -0.15) is 0 Å². The summed E-state index contributed by atoms with van der Waals surface area (Å²) < 4.78 is 7.67. The lowest BCUT2D eigenvalue weighted by molar-refractivity contribution is -0.128. The van der Waals surface area contributed by atoms with E-state index in [9.17, 15) is 9.59 Å². The molecule has 1 saturated heterocycles. The predicted octanol–water partition coefficient (Wildman–Crippen LogP) is 1.31. The van der Waals surface area contributed by atoms with E-state index in [2.05, 4.69) is 27.1 Å². The zero-order valence-corrected chi connectivity index (χ0v) is 17.4. The van der Waals surface area contributed by atoms with Crippen LogP contribution in [0.1, 0.15) is 5.82 Å². The first-order valence-electron chi connectivity index (χ1n) is 9.26. The average molecular weight is 427 g/mol. The van der Waals surface area contributed by atoms with Crippen molar-refractivity contribution < 1.29 is 14.3 Å². The Morgan fingerprint density at radius 1 is 1.20 bits per heavy atom. The van der Waals surface area contributed by atoms with Crippen molar-refractivity contribution in [3.63, 3.8) is 0 Å². The summed E-state index contributed by atoms with van der Waals surface area (Å²) >= 11 is 1.31. The van der Waals surface area contributed by atoms with E-state index in [4.69, 9.17) is 4.74 Å². The number of fused-ring (bicyclic) bond motifs is 1. The van der Waals surface area contributed by atoms with Crippen LogP contribution in [0.2, 0.25) is 0 Å². The van der Waals surface area contributed by atoms with Gasteiger partial charge in [0, 0.05) is 20.6 Å². The fourth-order valence-electron chi connectivity index (χ4n) is 3.17. The van der Waals surface area contributed by atoms with E-state index in [1.807, 2.05) is 34.9 Å². The molecule has 11 heteroatoms. The Hall–Kier alpha value is -3.18. The number of carbonyl (C=O) groups excluding carboxylic acids is 2. The van der Waals surface area contributed by atoms with Crippen LogP contribution in [0.4, 0.5) is 4.79 Å². The number of allylic oxidation sites excluding steroid dienone is 1. The lowest BCUT2D eigenvalue weighted by atomic mass is 10.2. The summed E-state index contributed by atoms with van der Waals surface area (Å²) in [5, 5.41) is 12.3. The predicted molar refractivity (Wildman–Crippen MR) is 111 cm³/mol. The van der Waals surface area contributed by atoms with Crippen molar-refractivity contribution in [2.75, 3.05) is 14.1 Å². The Morgan fingerprint density at radius 2 is 1.97 bits per heavy atom. The molecule has 0 aliphatic carbocycles. The van der Waals surface area contributed by atoms with Gasteiger partial charge in [-0.1, -0.05) is 24.3 Å². The molecule has 1 fully saturated rings. The molecule has 2 aliphatic rings. The second kappa shape index (κ2) is 8.28. The molecular formula is C19H21N7O3S. The molecule has 3 heterocycles. The van der Waals surface area contributed by atoms with E-state index in [0.29, 0.717) is 23.4 Å². The highest BCUT2D eigenvalue weighted by Gasteiger charge is 2.45. The largest absolute Gasteiger partial charge is 0.486 e. The monoisotopic (exact) mass is 427 g/mol.